The molecule has 0 aliphatic carbocycles. The molecule has 1 saturated heterocycles. The summed E-state index contributed by atoms with van der Waals surface area (Å²) in [5.74, 6) is -0.128. The fourth-order valence-corrected chi connectivity index (χ4v) is 1.34. The SMILES string of the molecule is CN1CC(CNCC(=O)O)C1. The van der Waals surface area contributed by atoms with Gasteiger partial charge in [-0.15, -0.1) is 0 Å². The molecule has 0 radical (unpaired) electrons. The zero-order valence-electron chi connectivity index (χ0n) is 6.71. The second-order valence-corrected chi connectivity index (χ2v) is 3.11. The van der Waals surface area contributed by atoms with E-state index in [0.717, 1.165) is 19.6 Å². The molecule has 1 aliphatic heterocycles. The van der Waals surface area contributed by atoms with E-state index in [1.54, 1.807) is 0 Å². The van der Waals surface area contributed by atoms with E-state index >= 15 is 0 Å². The quantitative estimate of drug-likeness (QED) is 0.563. The summed E-state index contributed by atoms with van der Waals surface area (Å²) in [6.45, 7) is 3.09. The summed E-state index contributed by atoms with van der Waals surface area (Å²) in [5, 5.41) is 11.2. The standard InChI is InChI=1S/C7H14N2O2/c1-9-4-6(5-9)2-8-3-7(10)11/h6,8H,2-5H2,1H3,(H,10,11). The molecule has 0 amide bonds. The summed E-state index contributed by atoms with van der Waals surface area (Å²) < 4.78 is 0. The Kier molecular flexibility index (Phi) is 2.84. The highest BCUT2D eigenvalue weighted by molar-refractivity contribution is 5.68. The number of nitrogens with one attached hydrogen (secondary N) is 1. The van der Waals surface area contributed by atoms with Crippen molar-refractivity contribution in [2.45, 2.75) is 0 Å². The third-order valence-corrected chi connectivity index (χ3v) is 1.85. The van der Waals surface area contributed by atoms with Gasteiger partial charge in [-0.05, 0) is 13.0 Å². The fourth-order valence-electron chi connectivity index (χ4n) is 1.34. The lowest BCUT2D eigenvalue weighted by atomic mass is 10.0. The lowest BCUT2D eigenvalue weighted by Crippen LogP contribution is -2.48. The molecule has 2 N–H and O–H groups in total. The Labute approximate surface area is 66.2 Å². The van der Waals surface area contributed by atoms with Gasteiger partial charge in [0.15, 0.2) is 0 Å². The molecule has 0 atom stereocenters. The van der Waals surface area contributed by atoms with Gasteiger partial charge in [0.1, 0.15) is 0 Å². The lowest BCUT2D eigenvalue weighted by molar-refractivity contribution is -0.136. The van der Waals surface area contributed by atoms with Crippen LogP contribution in [-0.4, -0.2) is 49.2 Å². The molecule has 4 nitrogen and oxygen atoms in total. The van der Waals surface area contributed by atoms with Gasteiger partial charge in [-0.3, -0.25) is 4.79 Å². The normalized spacial score (nSPS) is 19.7. The topological polar surface area (TPSA) is 52.6 Å². The summed E-state index contributed by atoms with van der Waals surface area (Å²) in [5.41, 5.74) is 0. The number of rotatable bonds is 4. The maximum Gasteiger partial charge on any atom is 0.317 e. The minimum absolute atomic E-state index is 0.0835. The van der Waals surface area contributed by atoms with Crippen LogP contribution in [0.3, 0.4) is 0 Å². The van der Waals surface area contributed by atoms with E-state index in [1.807, 2.05) is 0 Å². The number of carboxylic acids is 1. The predicted octanol–water partition coefficient (Wildman–Crippen LogP) is -0.778. The van der Waals surface area contributed by atoms with Gasteiger partial charge in [0.2, 0.25) is 0 Å². The first-order valence-corrected chi connectivity index (χ1v) is 3.79. The number of likely N-dealkylation sites (tertiary alicyclic amines) is 1. The van der Waals surface area contributed by atoms with E-state index in [-0.39, 0.29) is 6.54 Å². The van der Waals surface area contributed by atoms with E-state index in [1.165, 1.54) is 0 Å². The van der Waals surface area contributed by atoms with Crippen molar-refractivity contribution in [3.63, 3.8) is 0 Å². The second kappa shape index (κ2) is 3.69. The molecular formula is C7H14N2O2. The largest absolute Gasteiger partial charge is 0.480 e. The average Bonchev–Trinajstić information content (AvgIpc) is 1.83. The molecule has 11 heavy (non-hydrogen) atoms. The van der Waals surface area contributed by atoms with Crippen molar-refractivity contribution in [2.24, 2.45) is 5.92 Å². The average molecular weight is 158 g/mol. The van der Waals surface area contributed by atoms with Gasteiger partial charge in [0.25, 0.3) is 0 Å². The Bertz CT molecular complexity index is 143. The number of hydrogen-bond acceptors (Lipinski definition) is 3. The number of nitrogens with zero attached hydrogens (tertiary/aromatic N) is 1. The maximum absolute atomic E-state index is 10.1. The summed E-state index contributed by atoms with van der Waals surface area (Å²) in [4.78, 5) is 12.3. The molecule has 0 aromatic carbocycles. The molecule has 1 rings (SSSR count). The zero-order valence-corrected chi connectivity index (χ0v) is 6.71. The first-order valence-electron chi connectivity index (χ1n) is 3.79. The molecule has 0 aromatic rings. The fraction of sp³-hybridized carbons (Fsp3) is 0.857. The molecule has 4 heteroatoms. The van der Waals surface area contributed by atoms with Crippen LogP contribution in [0.1, 0.15) is 0 Å². The molecule has 0 unspecified atom stereocenters. The van der Waals surface area contributed by atoms with Gasteiger partial charge in [0.05, 0.1) is 6.54 Å². The molecule has 1 heterocycles. The van der Waals surface area contributed by atoms with Crippen molar-refractivity contribution < 1.29 is 9.90 Å². The Hall–Kier alpha value is -0.610. The molecule has 0 spiro atoms. The van der Waals surface area contributed by atoms with Crippen molar-refractivity contribution in [1.82, 2.24) is 10.2 Å². The molecule has 0 bridgehead atoms. The third-order valence-electron chi connectivity index (χ3n) is 1.85. The smallest absolute Gasteiger partial charge is 0.317 e. The molecule has 1 aliphatic rings. The minimum Gasteiger partial charge on any atom is -0.480 e. The summed E-state index contributed by atoms with van der Waals surface area (Å²) in [7, 11) is 2.06. The highest BCUT2D eigenvalue weighted by atomic mass is 16.4. The monoisotopic (exact) mass is 158 g/mol. The van der Waals surface area contributed by atoms with Crippen LogP contribution >= 0.6 is 0 Å². The molecule has 64 valence electrons. The first kappa shape index (κ1) is 8.49. The zero-order chi connectivity index (χ0) is 8.27. The van der Waals surface area contributed by atoms with Crippen molar-refractivity contribution >= 4 is 5.97 Å². The Morgan fingerprint density at radius 3 is 2.82 bits per heavy atom. The Balaban J connectivity index is 1.92. The second-order valence-electron chi connectivity index (χ2n) is 3.11. The highest BCUT2D eigenvalue weighted by Crippen LogP contribution is 2.10. The highest BCUT2D eigenvalue weighted by Gasteiger charge is 2.22. The van der Waals surface area contributed by atoms with Gasteiger partial charge in [0, 0.05) is 19.6 Å². The van der Waals surface area contributed by atoms with Gasteiger partial charge in [-0.25, -0.2) is 0 Å². The van der Waals surface area contributed by atoms with Crippen LogP contribution < -0.4 is 5.32 Å². The van der Waals surface area contributed by atoms with Crippen molar-refractivity contribution in [3.8, 4) is 0 Å². The van der Waals surface area contributed by atoms with Crippen molar-refractivity contribution in [2.75, 3.05) is 33.2 Å². The third kappa shape index (κ3) is 2.86. The van der Waals surface area contributed by atoms with Crippen LogP contribution in [0.2, 0.25) is 0 Å². The van der Waals surface area contributed by atoms with Crippen LogP contribution in [0, 0.1) is 5.92 Å². The Morgan fingerprint density at radius 1 is 1.73 bits per heavy atom. The van der Waals surface area contributed by atoms with Gasteiger partial charge < -0.3 is 15.3 Å². The molecule has 0 saturated carbocycles. The van der Waals surface area contributed by atoms with Gasteiger partial charge in [-0.2, -0.15) is 0 Å². The van der Waals surface area contributed by atoms with Crippen LogP contribution in [0.5, 0.6) is 0 Å². The van der Waals surface area contributed by atoms with Crippen LogP contribution in [0.4, 0.5) is 0 Å². The van der Waals surface area contributed by atoms with Gasteiger partial charge >= 0.3 is 5.97 Å². The molecule has 0 aromatic heterocycles. The number of aliphatic carboxylic acids is 1. The van der Waals surface area contributed by atoms with E-state index in [9.17, 15) is 4.79 Å². The predicted molar refractivity (Wildman–Crippen MR) is 41.5 cm³/mol. The summed E-state index contributed by atoms with van der Waals surface area (Å²) in [6.07, 6.45) is 0. The van der Waals surface area contributed by atoms with E-state index in [2.05, 4.69) is 17.3 Å². The summed E-state index contributed by atoms with van der Waals surface area (Å²) in [6, 6.07) is 0. The first-order chi connectivity index (χ1) is 5.18. The number of carboxylic acid groups (broad SMARTS) is 1. The van der Waals surface area contributed by atoms with E-state index in [4.69, 9.17) is 5.11 Å². The van der Waals surface area contributed by atoms with Crippen LogP contribution in [0.25, 0.3) is 0 Å². The maximum atomic E-state index is 10.1. The van der Waals surface area contributed by atoms with E-state index in [0.29, 0.717) is 5.92 Å². The van der Waals surface area contributed by atoms with E-state index < -0.39 is 5.97 Å². The van der Waals surface area contributed by atoms with Gasteiger partial charge in [-0.1, -0.05) is 0 Å². The lowest BCUT2D eigenvalue weighted by Gasteiger charge is -2.36. The minimum atomic E-state index is -0.780. The van der Waals surface area contributed by atoms with Crippen molar-refractivity contribution in [3.05, 3.63) is 0 Å². The Morgan fingerprint density at radius 2 is 2.36 bits per heavy atom. The summed E-state index contributed by atoms with van der Waals surface area (Å²) >= 11 is 0. The number of carbonyl (C=O) groups is 1. The van der Waals surface area contributed by atoms with Crippen molar-refractivity contribution in [1.29, 1.82) is 0 Å². The number of hydrogen-bond donors (Lipinski definition) is 2. The molecular weight excluding hydrogens is 144 g/mol. The molecule has 1 fully saturated rings. The van der Waals surface area contributed by atoms with Crippen LogP contribution in [-0.2, 0) is 4.79 Å². The van der Waals surface area contributed by atoms with Crippen LogP contribution in [0.15, 0.2) is 0 Å².